The minimum Gasteiger partial charge on any atom is -0.508 e. The van der Waals surface area contributed by atoms with Gasteiger partial charge in [0.05, 0.1) is 0 Å². The Morgan fingerprint density at radius 1 is 1.39 bits per heavy atom. The zero-order valence-electron chi connectivity index (χ0n) is 11.4. The smallest absolute Gasteiger partial charge is 0.115 e. The van der Waals surface area contributed by atoms with E-state index in [1.807, 2.05) is 6.07 Å². The molecule has 3 heteroatoms. The van der Waals surface area contributed by atoms with Crippen molar-refractivity contribution in [2.45, 2.75) is 31.7 Å². The maximum absolute atomic E-state index is 9.52. The molecule has 0 heterocycles. The summed E-state index contributed by atoms with van der Waals surface area (Å²) in [6.45, 7) is 2.19. The molecule has 0 amide bonds. The van der Waals surface area contributed by atoms with Gasteiger partial charge >= 0.3 is 0 Å². The molecule has 0 radical (unpaired) electrons. The number of benzene rings is 1. The Morgan fingerprint density at radius 2 is 2.22 bits per heavy atom. The van der Waals surface area contributed by atoms with Gasteiger partial charge in [-0.15, -0.1) is 0 Å². The third-order valence-electron chi connectivity index (χ3n) is 3.61. The van der Waals surface area contributed by atoms with Crippen molar-refractivity contribution >= 4 is 0 Å². The summed E-state index contributed by atoms with van der Waals surface area (Å²) in [6.07, 6.45) is 4.69. The third-order valence-corrected chi connectivity index (χ3v) is 3.61. The van der Waals surface area contributed by atoms with E-state index in [9.17, 15) is 5.11 Å². The van der Waals surface area contributed by atoms with Crippen LogP contribution in [0.3, 0.4) is 0 Å². The third kappa shape index (κ3) is 3.47. The predicted octanol–water partition coefficient (Wildman–Crippen LogP) is 2.31. The second-order valence-electron chi connectivity index (χ2n) is 5.44. The first-order chi connectivity index (χ1) is 8.66. The van der Waals surface area contributed by atoms with Crippen LogP contribution in [0.25, 0.3) is 0 Å². The van der Waals surface area contributed by atoms with Crippen molar-refractivity contribution in [3.63, 3.8) is 0 Å². The van der Waals surface area contributed by atoms with E-state index < -0.39 is 0 Å². The van der Waals surface area contributed by atoms with Crippen LogP contribution >= 0.6 is 0 Å². The van der Waals surface area contributed by atoms with Crippen molar-refractivity contribution in [3.8, 4) is 5.75 Å². The van der Waals surface area contributed by atoms with Crippen LogP contribution in [0, 0.1) is 0 Å². The molecule has 2 rings (SSSR count). The summed E-state index contributed by atoms with van der Waals surface area (Å²) in [7, 11) is 4.22. The van der Waals surface area contributed by atoms with Gasteiger partial charge in [0.2, 0.25) is 0 Å². The van der Waals surface area contributed by atoms with Crippen molar-refractivity contribution in [1.82, 2.24) is 10.2 Å². The van der Waals surface area contributed by atoms with Gasteiger partial charge in [0.1, 0.15) is 5.75 Å². The van der Waals surface area contributed by atoms with Gasteiger partial charge in [0, 0.05) is 6.04 Å². The molecule has 0 saturated heterocycles. The van der Waals surface area contributed by atoms with Crippen LogP contribution in [0.2, 0.25) is 0 Å². The maximum atomic E-state index is 9.52. The van der Waals surface area contributed by atoms with Crippen molar-refractivity contribution in [2.24, 2.45) is 0 Å². The number of aryl methyl sites for hydroxylation is 1. The van der Waals surface area contributed by atoms with Gasteiger partial charge in [0.25, 0.3) is 0 Å². The monoisotopic (exact) mass is 248 g/mol. The van der Waals surface area contributed by atoms with Gasteiger partial charge in [-0.05, 0) is 76.1 Å². The summed E-state index contributed by atoms with van der Waals surface area (Å²) in [5.74, 6) is 0.391. The van der Waals surface area contributed by atoms with E-state index in [2.05, 4.69) is 30.4 Å². The number of phenolic OH excluding ortho intramolecular Hbond substituents is 1. The maximum Gasteiger partial charge on any atom is 0.115 e. The molecule has 1 unspecified atom stereocenters. The van der Waals surface area contributed by atoms with Crippen molar-refractivity contribution < 1.29 is 5.11 Å². The molecule has 2 N–H and O–H groups in total. The van der Waals surface area contributed by atoms with E-state index in [0.717, 1.165) is 19.5 Å². The molecule has 0 bridgehead atoms. The zero-order valence-corrected chi connectivity index (χ0v) is 11.4. The molecular weight excluding hydrogens is 224 g/mol. The van der Waals surface area contributed by atoms with Crippen LogP contribution in [0.4, 0.5) is 0 Å². The molecule has 0 saturated carbocycles. The summed E-state index contributed by atoms with van der Waals surface area (Å²) >= 11 is 0. The highest BCUT2D eigenvalue weighted by atomic mass is 16.3. The van der Waals surface area contributed by atoms with Crippen molar-refractivity contribution in [1.29, 1.82) is 0 Å². The fraction of sp³-hybridized carbons (Fsp3) is 0.600. The number of fused-ring (bicyclic) bond motifs is 1. The Balaban J connectivity index is 1.91. The Bertz CT molecular complexity index is 390. The fourth-order valence-corrected chi connectivity index (χ4v) is 2.68. The van der Waals surface area contributed by atoms with Gasteiger partial charge in [0.15, 0.2) is 0 Å². The second kappa shape index (κ2) is 6.21. The van der Waals surface area contributed by atoms with Gasteiger partial charge in [-0.2, -0.15) is 0 Å². The number of hydrogen-bond donors (Lipinski definition) is 2. The molecule has 1 aliphatic carbocycles. The molecule has 1 aromatic carbocycles. The largest absolute Gasteiger partial charge is 0.508 e. The Labute approximate surface area is 110 Å². The lowest BCUT2D eigenvalue weighted by Gasteiger charge is -2.27. The predicted molar refractivity (Wildman–Crippen MR) is 75.0 cm³/mol. The van der Waals surface area contributed by atoms with Crippen LogP contribution in [0.1, 0.15) is 36.4 Å². The highest BCUT2D eigenvalue weighted by Crippen LogP contribution is 2.31. The summed E-state index contributed by atoms with van der Waals surface area (Å²) in [5.41, 5.74) is 2.69. The number of rotatable bonds is 5. The number of nitrogens with zero attached hydrogens (tertiary/aromatic N) is 1. The number of nitrogens with one attached hydrogen (secondary N) is 1. The van der Waals surface area contributed by atoms with Crippen LogP contribution in [0.5, 0.6) is 5.75 Å². The van der Waals surface area contributed by atoms with Crippen LogP contribution in [-0.2, 0) is 6.42 Å². The molecule has 1 aromatic rings. The molecule has 0 fully saturated rings. The molecule has 0 aliphatic heterocycles. The van der Waals surface area contributed by atoms with E-state index in [-0.39, 0.29) is 0 Å². The molecule has 3 nitrogen and oxygen atoms in total. The summed E-state index contributed by atoms with van der Waals surface area (Å²) in [5, 5.41) is 13.2. The molecule has 0 spiro atoms. The van der Waals surface area contributed by atoms with E-state index in [1.165, 1.54) is 30.4 Å². The number of aromatic hydroxyl groups is 1. The van der Waals surface area contributed by atoms with Crippen LogP contribution in [0.15, 0.2) is 18.2 Å². The lowest BCUT2D eigenvalue weighted by atomic mass is 9.87. The van der Waals surface area contributed by atoms with Crippen LogP contribution in [-0.4, -0.2) is 37.2 Å². The highest BCUT2D eigenvalue weighted by Gasteiger charge is 2.19. The van der Waals surface area contributed by atoms with Gasteiger partial charge in [-0.1, -0.05) is 6.07 Å². The van der Waals surface area contributed by atoms with E-state index in [0.29, 0.717) is 11.8 Å². The minimum atomic E-state index is 0.391. The van der Waals surface area contributed by atoms with Gasteiger partial charge in [-0.3, -0.25) is 0 Å². The standard InChI is InChI=1S/C15H24N2O/c1-17(2)10-4-9-16-15-6-3-5-12-11-13(18)7-8-14(12)15/h7-8,11,15-16,18H,3-6,9-10H2,1-2H3. The first kappa shape index (κ1) is 13.4. The van der Waals surface area contributed by atoms with Crippen LogP contribution < -0.4 is 5.32 Å². The normalized spacial score (nSPS) is 18.9. The molecule has 18 heavy (non-hydrogen) atoms. The summed E-state index contributed by atoms with van der Waals surface area (Å²) < 4.78 is 0. The SMILES string of the molecule is CN(C)CCCNC1CCCc2cc(O)ccc21. The number of phenols is 1. The molecule has 1 atom stereocenters. The van der Waals surface area contributed by atoms with Crippen molar-refractivity contribution in [2.75, 3.05) is 27.2 Å². The summed E-state index contributed by atoms with van der Waals surface area (Å²) in [6, 6.07) is 6.27. The highest BCUT2D eigenvalue weighted by molar-refractivity contribution is 5.38. The fourth-order valence-electron chi connectivity index (χ4n) is 2.68. The van der Waals surface area contributed by atoms with E-state index >= 15 is 0 Å². The average molecular weight is 248 g/mol. The lowest BCUT2D eigenvalue weighted by molar-refractivity contribution is 0.378. The topological polar surface area (TPSA) is 35.5 Å². The van der Waals surface area contributed by atoms with Crippen molar-refractivity contribution in [3.05, 3.63) is 29.3 Å². The minimum absolute atomic E-state index is 0.391. The Morgan fingerprint density at radius 3 is 3.00 bits per heavy atom. The Kier molecular flexibility index (Phi) is 4.61. The molecular formula is C15H24N2O. The first-order valence-corrected chi connectivity index (χ1v) is 6.87. The van der Waals surface area contributed by atoms with E-state index in [4.69, 9.17) is 0 Å². The van der Waals surface area contributed by atoms with Gasteiger partial charge in [-0.25, -0.2) is 0 Å². The Hall–Kier alpha value is -1.06. The summed E-state index contributed by atoms with van der Waals surface area (Å²) in [4.78, 5) is 2.22. The second-order valence-corrected chi connectivity index (χ2v) is 5.44. The average Bonchev–Trinajstić information content (AvgIpc) is 2.34. The molecule has 1 aliphatic rings. The zero-order chi connectivity index (χ0) is 13.0. The van der Waals surface area contributed by atoms with Gasteiger partial charge < -0.3 is 15.3 Å². The quantitative estimate of drug-likeness (QED) is 0.785. The molecule has 100 valence electrons. The first-order valence-electron chi connectivity index (χ1n) is 6.87. The molecule has 0 aromatic heterocycles. The van der Waals surface area contributed by atoms with E-state index in [1.54, 1.807) is 6.07 Å². The number of hydrogen-bond acceptors (Lipinski definition) is 3. The lowest BCUT2D eigenvalue weighted by Crippen LogP contribution is -2.28.